The molecule has 0 aliphatic carbocycles. The van der Waals surface area contributed by atoms with Gasteiger partial charge in [-0.15, -0.1) is 0 Å². The summed E-state index contributed by atoms with van der Waals surface area (Å²) in [7, 11) is 1.91. The number of hydrogen-bond acceptors (Lipinski definition) is 3. The highest BCUT2D eigenvalue weighted by Gasteiger charge is 2.09. The van der Waals surface area contributed by atoms with E-state index in [1.807, 2.05) is 25.8 Å². The van der Waals surface area contributed by atoms with Crippen molar-refractivity contribution in [3.8, 4) is 0 Å². The molecule has 0 aliphatic rings. The lowest BCUT2D eigenvalue weighted by Crippen LogP contribution is -2.32. The predicted molar refractivity (Wildman–Crippen MR) is 48.7 cm³/mol. The first-order valence-electron chi connectivity index (χ1n) is 4.15. The van der Waals surface area contributed by atoms with E-state index < -0.39 is 0 Å². The number of ether oxygens (including phenoxy) is 1. The zero-order valence-corrected chi connectivity index (χ0v) is 8.20. The fourth-order valence-corrected chi connectivity index (χ4v) is 0.691. The molecule has 0 saturated carbocycles. The minimum Gasteiger partial charge on any atom is -0.443 e. The van der Waals surface area contributed by atoms with Crippen molar-refractivity contribution in [2.45, 2.75) is 27.0 Å². The van der Waals surface area contributed by atoms with Crippen molar-refractivity contribution in [3.05, 3.63) is 12.2 Å². The molecule has 0 saturated heterocycles. The molecule has 3 nitrogen and oxygen atoms in total. The highest BCUT2D eigenvalue weighted by Crippen LogP contribution is 1.97. The van der Waals surface area contributed by atoms with E-state index in [0.29, 0.717) is 0 Å². The Kier molecular flexibility index (Phi) is 5.37. The third-order valence-corrected chi connectivity index (χ3v) is 1.71. The number of hydrogen-bond donors (Lipinski definition) is 0. The molecule has 12 heavy (non-hydrogen) atoms. The van der Waals surface area contributed by atoms with Crippen molar-refractivity contribution in [1.29, 1.82) is 0 Å². The van der Waals surface area contributed by atoms with Crippen LogP contribution in [0.1, 0.15) is 20.8 Å². The molecule has 0 aromatic rings. The average Bonchev–Trinajstić information content (AvgIpc) is 2.03. The number of allylic oxidation sites excluding steroid dienone is 1. The smallest absolute Gasteiger partial charge is 0.331 e. The van der Waals surface area contributed by atoms with Gasteiger partial charge in [0.15, 0.2) is 6.23 Å². The van der Waals surface area contributed by atoms with Gasteiger partial charge in [0.05, 0.1) is 0 Å². The minimum atomic E-state index is -0.287. The van der Waals surface area contributed by atoms with Gasteiger partial charge in [0, 0.05) is 6.08 Å². The monoisotopic (exact) mass is 171 g/mol. The molecular formula is C9H17NO2. The summed E-state index contributed by atoms with van der Waals surface area (Å²) in [6, 6.07) is 0. The fourth-order valence-electron chi connectivity index (χ4n) is 0.691. The standard InChI is InChI=1S/C9H17NO2/c1-5-7-9(11)12-8(3)10(4)6-2/h5,7-8H,6H2,1-4H3/b7-5+. The maximum Gasteiger partial charge on any atom is 0.331 e. The van der Waals surface area contributed by atoms with Gasteiger partial charge in [-0.3, -0.25) is 4.90 Å². The molecule has 0 amide bonds. The van der Waals surface area contributed by atoms with E-state index in [4.69, 9.17) is 4.74 Å². The molecular weight excluding hydrogens is 154 g/mol. The Balaban J connectivity index is 3.83. The van der Waals surface area contributed by atoms with Crippen LogP contribution in [-0.4, -0.2) is 30.7 Å². The maximum absolute atomic E-state index is 10.9. The summed E-state index contributed by atoms with van der Waals surface area (Å²) in [5.41, 5.74) is 0. The van der Waals surface area contributed by atoms with Crippen LogP contribution in [0.5, 0.6) is 0 Å². The van der Waals surface area contributed by atoms with E-state index in [0.717, 1.165) is 6.54 Å². The van der Waals surface area contributed by atoms with Gasteiger partial charge in [-0.1, -0.05) is 13.0 Å². The molecule has 0 fully saturated rings. The van der Waals surface area contributed by atoms with Crippen LogP contribution in [0.4, 0.5) is 0 Å². The number of carbonyl (C=O) groups is 1. The van der Waals surface area contributed by atoms with Crippen molar-refractivity contribution >= 4 is 5.97 Å². The Bertz CT molecular complexity index is 166. The third-order valence-electron chi connectivity index (χ3n) is 1.71. The van der Waals surface area contributed by atoms with Crippen LogP contribution in [0.2, 0.25) is 0 Å². The highest BCUT2D eigenvalue weighted by molar-refractivity contribution is 5.81. The maximum atomic E-state index is 10.9. The highest BCUT2D eigenvalue weighted by atomic mass is 16.6. The van der Waals surface area contributed by atoms with E-state index in [9.17, 15) is 4.79 Å². The van der Waals surface area contributed by atoms with Crippen LogP contribution in [0.15, 0.2) is 12.2 Å². The summed E-state index contributed by atoms with van der Waals surface area (Å²) in [5.74, 6) is -0.287. The number of carbonyl (C=O) groups excluding carboxylic acids is 1. The summed E-state index contributed by atoms with van der Waals surface area (Å²) in [5, 5.41) is 0. The SMILES string of the molecule is C/C=C/C(=O)OC(C)N(C)CC. The molecule has 0 rings (SSSR count). The zero-order chi connectivity index (χ0) is 9.56. The predicted octanol–water partition coefficient (Wildman–Crippen LogP) is 1.40. The Morgan fingerprint density at radius 2 is 2.25 bits per heavy atom. The van der Waals surface area contributed by atoms with Crippen LogP contribution in [0, 0.1) is 0 Å². The van der Waals surface area contributed by atoms with Crippen molar-refractivity contribution < 1.29 is 9.53 Å². The Hall–Kier alpha value is -0.830. The second kappa shape index (κ2) is 5.77. The molecule has 70 valence electrons. The third kappa shape index (κ3) is 4.13. The molecule has 0 radical (unpaired) electrons. The molecule has 0 bridgehead atoms. The molecule has 0 aromatic heterocycles. The van der Waals surface area contributed by atoms with Gasteiger partial charge in [-0.2, -0.15) is 0 Å². The summed E-state index contributed by atoms with van der Waals surface area (Å²) >= 11 is 0. The molecule has 1 unspecified atom stereocenters. The number of rotatable bonds is 4. The quantitative estimate of drug-likeness (QED) is 0.364. The van der Waals surface area contributed by atoms with Crippen molar-refractivity contribution in [2.75, 3.05) is 13.6 Å². The topological polar surface area (TPSA) is 29.5 Å². The van der Waals surface area contributed by atoms with Crippen LogP contribution in [-0.2, 0) is 9.53 Å². The van der Waals surface area contributed by atoms with E-state index in [-0.39, 0.29) is 12.2 Å². The van der Waals surface area contributed by atoms with Gasteiger partial charge >= 0.3 is 5.97 Å². The van der Waals surface area contributed by atoms with E-state index >= 15 is 0 Å². The van der Waals surface area contributed by atoms with Crippen LogP contribution in [0.3, 0.4) is 0 Å². The normalized spacial score (nSPS) is 13.8. The van der Waals surface area contributed by atoms with Gasteiger partial charge in [0.1, 0.15) is 0 Å². The van der Waals surface area contributed by atoms with Gasteiger partial charge in [0.2, 0.25) is 0 Å². The van der Waals surface area contributed by atoms with Crippen LogP contribution >= 0.6 is 0 Å². The van der Waals surface area contributed by atoms with Gasteiger partial charge in [-0.25, -0.2) is 4.79 Å². The molecule has 0 N–H and O–H groups in total. The molecule has 0 aliphatic heterocycles. The van der Waals surface area contributed by atoms with Crippen molar-refractivity contribution in [1.82, 2.24) is 4.90 Å². The summed E-state index contributed by atoms with van der Waals surface area (Å²) in [6.07, 6.45) is 2.93. The Morgan fingerprint density at radius 3 is 2.67 bits per heavy atom. The van der Waals surface area contributed by atoms with E-state index in [2.05, 4.69) is 0 Å². The minimum absolute atomic E-state index is 0.154. The molecule has 0 heterocycles. The second-order valence-electron chi connectivity index (χ2n) is 2.61. The lowest BCUT2D eigenvalue weighted by molar-refractivity contribution is -0.149. The van der Waals surface area contributed by atoms with E-state index in [1.165, 1.54) is 6.08 Å². The van der Waals surface area contributed by atoms with Gasteiger partial charge < -0.3 is 4.74 Å². The van der Waals surface area contributed by atoms with E-state index in [1.54, 1.807) is 13.0 Å². The molecule has 0 spiro atoms. The average molecular weight is 171 g/mol. The summed E-state index contributed by atoms with van der Waals surface area (Å²) in [6.45, 7) is 6.52. The molecule has 1 atom stereocenters. The van der Waals surface area contributed by atoms with Crippen molar-refractivity contribution in [3.63, 3.8) is 0 Å². The van der Waals surface area contributed by atoms with Crippen LogP contribution in [0.25, 0.3) is 0 Å². The molecule has 3 heteroatoms. The summed E-state index contributed by atoms with van der Waals surface area (Å²) in [4.78, 5) is 12.9. The number of esters is 1. The zero-order valence-electron chi connectivity index (χ0n) is 8.20. The lowest BCUT2D eigenvalue weighted by Gasteiger charge is -2.21. The van der Waals surface area contributed by atoms with Crippen LogP contribution < -0.4 is 0 Å². The summed E-state index contributed by atoms with van der Waals surface area (Å²) < 4.78 is 5.04. The lowest BCUT2D eigenvalue weighted by atomic mass is 10.5. The van der Waals surface area contributed by atoms with Gasteiger partial charge in [0.25, 0.3) is 0 Å². The largest absolute Gasteiger partial charge is 0.443 e. The first kappa shape index (κ1) is 11.2. The molecule has 0 aromatic carbocycles. The Morgan fingerprint density at radius 1 is 1.67 bits per heavy atom. The fraction of sp³-hybridized carbons (Fsp3) is 0.667. The second-order valence-corrected chi connectivity index (χ2v) is 2.61. The first-order valence-corrected chi connectivity index (χ1v) is 4.15. The first-order chi connectivity index (χ1) is 5.61. The van der Waals surface area contributed by atoms with Crippen molar-refractivity contribution in [2.24, 2.45) is 0 Å². The van der Waals surface area contributed by atoms with Gasteiger partial charge in [-0.05, 0) is 27.4 Å². The Labute approximate surface area is 74.0 Å². The number of nitrogens with zero attached hydrogens (tertiary/aromatic N) is 1.